The number of carbonyl (C=O) groups excluding carboxylic acids is 1. The highest BCUT2D eigenvalue weighted by molar-refractivity contribution is 5.92. The van der Waals surface area contributed by atoms with Crippen LogP contribution in [0.4, 0.5) is 10.1 Å². The molecule has 0 atom stereocenters. The molecule has 0 radical (unpaired) electrons. The average Bonchev–Trinajstić information content (AvgIpc) is 2.46. The number of nitrogens with one attached hydrogen (secondary N) is 1. The summed E-state index contributed by atoms with van der Waals surface area (Å²) >= 11 is 0. The molecule has 0 spiro atoms. The van der Waals surface area contributed by atoms with Crippen LogP contribution in [0, 0.1) is 12.7 Å². The number of carbonyl (C=O) groups is 1. The highest BCUT2D eigenvalue weighted by Gasteiger charge is 2.07. The third-order valence-corrected chi connectivity index (χ3v) is 3.22. The van der Waals surface area contributed by atoms with E-state index < -0.39 is 11.7 Å². The molecule has 0 saturated carbocycles. The van der Waals surface area contributed by atoms with Gasteiger partial charge in [-0.05, 0) is 42.8 Å². The summed E-state index contributed by atoms with van der Waals surface area (Å²) in [5.41, 5.74) is 7.60. The lowest BCUT2D eigenvalue weighted by Crippen LogP contribution is -2.12. The van der Waals surface area contributed by atoms with Crippen LogP contribution < -0.4 is 15.8 Å². The molecule has 0 aliphatic carbocycles. The first-order valence-corrected chi connectivity index (χ1v) is 6.48. The molecule has 0 aromatic heterocycles. The Kier molecular flexibility index (Phi) is 4.42. The summed E-state index contributed by atoms with van der Waals surface area (Å²) in [7, 11) is 1.62. The maximum absolute atomic E-state index is 13.8. The van der Waals surface area contributed by atoms with E-state index >= 15 is 0 Å². The molecule has 5 heteroatoms. The predicted molar refractivity (Wildman–Crippen MR) is 80.0 cm³/mol. The minimum absolute atomic E-state index is 0.163. The predicted octanol–water partition coefficient (Wildman–Crippen LogP) is 2.85. The van der Waals surface area contributed by atoms with Crippen molar-refractivity contribution >= 4 is 11.6 Å². The molecule has 0 unspecified atom stereocenters. The molecule has 3 N–H and O–H groups in total. The molecule has 0 saturated heterocycles. The first-order chi connectivity index (χ1) is 10.0. The number of rotatable bonds is 5. The SMILES string of the molecule is COc1ccc(NCc2ccc(C(N)=O)cc2F)cc1C. The van der Waals surface area contributed by atoms with E-state index in [1.807, 2.05) is 25.1 Å². The van der Waals surface area contributed by atoms with Crippen molar-refractivity contribution in [1.82, 2.24) is 0 Å². The van der Waals surface area contributed by atoms with Crippen molar-refractivity contribution < 1.29 is 13.9 Å². The molecular weight excluding hydrogens is 271 g/mol. The Morgan fingerprint density at radius 3 is 2.62 bits per heavy atom. The third kappa shape index (κ3) is 3.51. The Labute approximate surface area is 122 Å². The second-order valence-corrected chi connectivity index (χ2v) is 4.71. The number of ether oxygens (including phenoxy) is 1. The van der Waals surface area contributed by atoms with Gasteiger partial charge in [-0.3, -0.25) is 4.79 Å². The van der Waals surface area contributed by atoms with Gasteiger partial charge in [-0.25, -0.2) is 4.39 Å². The number of halogens is 1. The van der Waals surface area contributed by atoms with Gasteiger partial charge in [0.05, 0.1) is 7.11 Å². The number of aryl methyl sites for hydroxylation is 1. The molecule has 110 valence electrons. The minimum Gasteiger partial charge on any atom is -0.496 e. The Morgan fingerprint density at radius 2 is 2.05 bits per heavy atom. The number of benzene rings is 2. The third-order valence-electron chi connectivity index (χ3n) is 3.22. The van der Waals surface area contributed by atoms with Crippen LogP contribution in [-0.4, -0.2) is 13.0 Å². The van der Waals surface area contributed by atoms with Crippen molar-refractivity contribution in [3.63, 3.8) is 0 Å². The minimum atomic E-state index is -0.640. The van der Waals surface area contributed by atoms with Crippen LogP contribution in [0.5, 0.6) is 5.75 Å². The van der Waals surface area contributed by atoms with Crippen molar-refractivity contribution in [1.29, 1.82) is 0 Å². The standard InChI is InChI=1S/C16H17FN2O2/c1-10-7-13(5-6-15(10)21-2)19-9-12-4-3-11(16(18)20)8-14(12)17/h3-8,19H,9H2,1-2H3,(H2,18,20). The molecule has 0 heterocycles. The molecule has 2 rings (SSSR count). The Bertz CT molecular complexity index is 671. The Morgan fingerprint density at radius 1 is 1.29 bits per heavy atom. The van der Waals surface area contributed by atoms with Crippen molar-refractivity contribution in [3.05, 3.63) is 58.9 Å². The summed E-state index contributed by atoms with van der Waals surface area (Å²) in [5, 5.41) is 3.13. The zero-order valence-electron chi connectivity index (χ0n) is 11.9. The number of anilines is 1. The van der Waals surface area contributed by atoms with E-state index in [0.29, 0.717) is 12.1 Å². The van der Waals surface area contributed by atoms with Gasteiger partial charge in [0.1, 0.15) is 11.6 Å². The smallest absolute Gasteiger partial charge is 0.248 e. The molecular formula is C16H17FN2O2. The lowest BCUT2D eigenvalue weighted by atomic mass is 10.1. The van der Waals surface area contributed by atoms with Gasteiger partial charge in [-0.1, -0.05) is 6.07 Å². The van der Waals surface area contributed by atoms with E-state index in [2.05, 4.69) is 5.32 Å². The lowest BCUT2D eigenvalue weighted by Gasteiger charge is -2.11. The van der Waals surface area contributed by atoms with Gasteiger partial charge in [0.2, 0.25) is 5.91 Å². The molecule has 0 aliphatic rings. The van der Waals surface area contributed by atoms with Gasteiger partial charge >= 0.3 is 0 Å². The van der Waals surface area contributed by atoms with Crippen LogP contribution in [0.1, 0.15) is 21.5 Å². The van der Waals surface area contributed by atoms with Gasteiger partial charge in [0, 0.05) is 23.4 Å². The maximum Gasteiger partial charge on any atom is 0.248 e. The van der Waals surface area contributed by atoms with Crippen LogP contribution in [-0.2, 0) is 6.54 Å². The molecule has 2 aromatic rings. The van der Waals surface area contributed by atoms with Gasteiger partial charge in [0.15, 0.2) is 0 Å². The van der Waals surface area contributed by atoms with E-state index in [1.165, 1.54) is 6.07 Å². The molecule has 4 nitrogen and oxygen atoms in total. The lowest BCUT2D eigenvalue weighted by molar-refractivity contribution is 0.1000. The Hall–Kier alpha value is -2.56. The highest BCUT2D eigenvalue weighted by Crippen LogP contribution is 2.22. The highest BCUT2D eigenvalue weighted by atomic mass is 19.1. The number of nitrogens with two attached hydrogens (primary N) is 1. The summed E-state index contributed by atoms with van der Waals surface area (Å²) in [4.78, 5) is 11.0. The summed E-state index contributed by atoms with van der Waals surface area (Å²) in [6.45, 7) is 2.25. The molecule has 21 heavy (non-hydrogen) atoms. The summed E-state index contributed by atoms with van der Waals surface area (Å²) in [6.07, 6.45) is 0. The van der Waals surface area contributed by atoms with Crippen molar-refractivity contribution in [2.24, 2.45) is 5.73 Å². The number of hydrogen-bond donors (Lipinski definition) is 2. The number of amides is 1. The van der Waals surface area contributed by atoms with Crippen LogP contribution in [0.15, 0.2) is 36.4 Å². The Balaban J connectivity index is 2.09. The van der Waals surface area contributed by atoms with E-state index in [-0.39, 0.29) is 5.56 Å². The van der Waals surface area contributed by atoms with E-state index in [0.717, 1.165) is 23.1 Å². The first kappa shape index (κ1) is 14.8. The van der Waals surface area contributed by atoms with Crippen LogP contribution in [0.3, 0.4) is 0 Å². The zero-order chi connectivity index (χ0) is 15.4. The number of methoxy groups -OCH3 is 1. The second kappa shape index (κ2) is 6.26. The van der Waals surface area contributed by atoms with Crippen molar-refractivity contribution in [3.8, 4) is 5.75 Å². The summed E-state index contributed by atoms with van der Waals surface area (Å²) in [5.74, 6) is -0.291. The second-order valence-electron chi connectivity index (χ2n) is 4.71. The van der Waals surface area contributed by atoms with Crippen LogP contribution in [0.25, 0.3) is 0 Å². The van der Waals surface area contributed by atoms with Gasteiger partial charge in [0.25, 0.3) is 0 Å². The molecule has 0 aliphatic heterocycles. The molecule has 0 fully saturated rings. The number of hydrogen-bond acceptors (Lipinski definition) is 3. The normalized spacial score (nSPS) is 10.2. The van der Waals surface area contributed by atoms with E-state index in [9.17, 15) is 9.18 Å². The maximum atomic E-state index is 13.8. The largest absolute Gasteiger partial charge is 0.496 e. The van der Waals surface area contributed by atoms with Crippen LogP contribution >= 0.6 is 0 Å². The quantitative estimate of drug-likeness (QED) is 0.889. The molecule has 0 bridgehead atoms. The average molecular weight is 288 g/mol. The van der Waals surface area contributed by atoms with Crippen LogP contribution in [0.2, 0.25) is 0 Å². The topological polar surface area (TPSA) is 64.3 Å². The van der Waals surface area contributed by atoms with Crippen molar-refractivity contribution in [2.75, 3.05) is 12.4 Å². The summed E-state index contributed by atoms with van der Waals surface area (Å²) in [6, 6.07) is 9.86. The molecule has 1 amide bonds. The zero-order valence-corrected chi connectivity index (χ0v) is 11.9. The van der Waals surface area contributed by atoms with Gasteiger partial charge in [-0.2, -0.15) is 0 Å². The number of primary amides is 1. The fourth-order valence-corrected chi connectivity index (χ4v) is 2.03. The fraction of sp³-hybridized carbons (Fsp3) is 0.188. The van der Waals surface area contributed by atoms with Crippen molar-refractivity contribution in [2.45, 2.75) is 13.5 Å². The summed E-state index contributed by atoms with van der Waals surface area (Å²) < 4.78 is 19.0. The van der Waals surface area contributed by atoms with E-state index in [1.54, 1.807) is 13.2 Å². The molecule has 2 aromatic carbocycles. The monoisotopic (exact) mass is 288 g/mol. The van der Waals surface area contributed by atoms with Gasteiger partial charge in [-0.15, -0.1) is 0 Å². The first-order valence-electron chi connectivity index (χ1n) is 6.48. The fourth-order valence-electron chi connectivity index (χ4n) is 2.03. The van der Waals surface area contributed by atoms with E-state index in [4.69, 9.17) is 10.5 Å². The van der Waals surface area contributed by atoms with Gasteiger partial charge < -0.3 is 15.8 Å².